The first kappa shape index (κ1) is 12.7. The summed E-state index contributed by atoms with van der Waals surface area (Å²) in [5.74, 6) is 0. The van der Waals surface area contributed by atoms with E-state index in [1.807, 2.05) is 0 Å². The van der Waals surface area contributed by atoms with Gasteiger partial charge in [-0.15, -0.1) is 0 Å². The minimum absolute atomic E-state index is 1.15. The van der Waals surface area contributed by atoms with E-state index in [1.165, 1.54) is 5.56 Å². The van der Waals surface area contributed by atoms with Crippen molar-refractivity contribution in [1.82, 2.24) is 0 Å². The first-order valence-electron chi connectivity index (χ1n) is 5.73. The zero-order valence-electron chi connectivity index (χ0n) is 11.2. The summed E-state index contributed by atoms with van der Waals surface area (Å²) in [6, 6.07) is 7.25. The Hall–Kier alpha value is -0.346. The lowest BCUT2D eigenvalue weighted by atomic mass is 10.2. The van der Waals surface area contributed by atoms with Gasteiger partial charge in [-0.2, -0.15) is 0 Å². The highest BCUT2D eigenvalue weighted by molar-refractivity contribution is 6.91. The van der Waals surface area contributed by atoms with Crippen LogP contribution in [0.4, 0.5) is 0 Å². The molecule has 0 amide bonds. The van der Waals surface area contributed by atoms with Gasteiger partial charge in [-0.1, -0.05) is 73.4 Å². The Morgan fingerprint density at radius 2 is 1.00 bits per heavy atom. The van der Waals surface area contributed by atoms with Crippen LogP contribution in [0, 0.1) is 6.92 Å². The lowest BCUT2D eigenvalue weighted by Gasteiger charge is -2.23. The summed E-state index contributed by atoms with van der Waals surface area (Å²) in [5, 5.41) is 3.22. The largest absolute Gasteiger partial charge is 0.0775 e. The molecule has 1 aromatic rings. The summed E-state index contributed by atoms with van der Waals surface area (Å²) < 4.78 is 0. The highest BCUT2D eigenvalue weighted by Crippen LogP contribution is 2.07. The number of rotatable bonds is 2. The fourth-order valence-corrected chi connectivity index (χ4v) is 4.29. The van der Waals surface area contributed by atoms with Gasteiger partial charge in [-0.3, -0.25) is 0 Å². The molecule has 0 saturated carbocycles. The van der Waals surface area contributed by atoms with Crippen molar-refractivity contribution in [2.45, 2.75) is 46.2 Å². The molecule has 0 unspecified atom stereocenters. The predicted molar refractivity (Wildman–Crippen MR) is 77.1 cm³/mol. The molecule has 0 aliphatic carbocycles. The van der Waals surface area contributed by atoms with Gasteiger partial charge in [0.2, 0.25) is 0 Å². The molecule has 0 nitrogen and oxygen atoms in total. The Morgan fingerprint density at radius 3 is 1.27 bits per heavy atom. The van der Waals surface area contributed by atoms with Crippen LogP contribution in [0.15, 0.2) is 18.2 Å². The molecule has 0 saturated heterocycles. The van der Waals surface area contributed by atoms with E-state index < -0.39 is 16.1 Å². The minimum atomic E-state index is -1.15. The SMILES string of the molecule is Cc1cc([Si](C)(C)C)cc([Si](C)(C)C)c1. The molecule has 0 atom stereocenters. The normalized spacial score (nSPS) is 13.0. The van der Waals surface area contributed by atoms with E-state index in [9.17, 15) is 0 Å². The molecule has 0 aromatic heterocycles. The van der Waals surface area contributed by atoms with Gasteiger partial charge >= 0.3 is 0 Å². The van der Waals surface area contributed by atoms with E-state index in [0.29, 0.717) is 0 Å². The highest BCUT2D eigenvalue weighted by Gasteiger charge is 2.21. The molecule has 0 fully saturated rings. The third kappa shape index (κ3) is 3.31. The summed E-state index contributed by atoms with van der Waals surface area (Å²) >= 11 is 0. The van der Waals surface area contributed by atoms with Crippen LogP contribution in [0.1, 0.15) is 5.56 Å². The maximum Gasteiger partial charge on any atom is 0.0775 e. The van der Waals surface area contributed by atoms with E-state index in [1.54, 1.807) is 10.4 Å². The maximum atomic E-state index is 2.48. The predicted octanol–water partition coefficient (Wildman–Crippen LogP) is 3.09. The topological polar surface area (TPSA) is 0 Å². The van der Waals surface area contributed by atoms with Gasteiger partial charge in [0.15, 0.2) is 0 Å². The molecule has 2 heteroatoms. The number of benzene rings is 1. The summed E-state index contributed by atoms with van der Waals surface area (Å²) in [5.41, 5.74) is 1.44. The monoisotopic (exact) mass is 236 g/mol. The van der Waals surface area contributed by atoms with Crippen molar-refractivity contribution in [2.75, 3.05) is 0 Å². The van der Waals surface area contributed by atoms with Crippen molar-refractivity contribution >= 4 is 26.5 Å². The number of hydrogen-bond donors (Lipinski definition) is 0. The second kappa shape index (κ2) is 3.91. The van der Waals surface area contributed by atoms with Gasteiger partial charge in [0.05, 0.1) is 16.1 Å². The molecule has 84 valence electrons. The van der Waals surface area contributed by atoms with E-state index in [4.69, 9.17) is 0 Å². The first-order chi connectivity index (χ1) is 6.60. The molecule has 0 N–H and O–H groups in total. The van der Waals surface area contributed by atoms with Crippen molar-refractivity contribution in [2.24, 2.45) is 0 Å². The smallest absolute Gasteiger partial charge is 0.0656 e. The number of aryl methyl sites for hydroxylation is 1. The van der Waals surface area contributed by atoms with Gasteiger partial charge in [-0.25, -0.2) is 0 Å². The molecular formula is C13H24Si2. The van der Waals surface area contributed by atoms with Crippen molar-refractivity contribution in [3.05, 3.63) is 23.8 Å². The third-order valence-corrected chi connectivity index (χ3v) is 6.85. The van der Waals surface area contributed by atoms with Crippen LogP contribution in [-0.4, -0.2) is 16.1 Å². The van der Waals surface area contributed by atoms with Gasteiger partial charge in [-0.05, 0) is 6.92 Å². The molecule has 15 heavy (non-hydrogen) atoms. The van der Waals surface area contributed by atoms with E-state index in [0.717, 1.165) is 0 Å². The second-order valence-electron chi connectivity index (χ2n) is 6.59. The van der Waals surface area contributed by atoms with E-state index in [-0.39, 0.29) is 0 Å². The van der Waals surface area contributed by atoms with Crippen LogP contribution in [0.25, 0.3) is 0 Å². The standard InChI is InChI=1S/C13H24Si2/c1-11-8-12(14(2,3)4)10-13(9-11)15(5,6)7/h8-10H,1-7H3. The third-order valence-electron chi connectivity index (χ3n) is 2.81. The Balaban J connectivity index is 3.30. The number of hydrogen-bond acceptors (Lipinski definition) is 0. The van der Waals surface area contributed by atoms with Crippen LogP contribution in [0.5, 0.6) is 0 Å². The molecule has 0 aliphatic rings. The lowest BCUT2D eigenvalue weighted by Crippen LogP contribution is -2.45. The minimum Gasteiger partial charge on any atom is -0.0656 e. The molecule has 0 heterocycles. The van der Waals surface area contributed by atoms with Gasteiger partial charge in [0, 0.05) is 0 Å². The molecule has 0 bridgehead atoms. The quantitative estimate of drug-likeness (QED) is 0.692. The molecule has 0 spiro atoms. The zero-order valence-corrected chi connectivity index (χ0v) is 13.2. The zero-order chi connectivity index (χ0) is 11.9. The van der Waals surface area contributed by atoms with Crippen molar-refractivity contribution < 1.29 is 0 Å². The Kier molecular flexibility index (Phi) is 3.31. The fourth-order valence-electron chi connectivity index (χ4n) is 1.65. The van der Waals surface area contributed by atoms with Crippen molar-refractivity contribution in [1.29, 1.82) is 0 Å². The molecule has 1 aromatic carbocycles. The fraction of sp³-hybridized carbons (Fsp3) is 0.538. The summed E-state index contributed by atoms with van der Waals surface area (Å²) in [6.45, 7) is 16.8. The first-order valence-corrected chi connectivity index (χ1v) is 12.7. The van der Waals surface area contributed by atoms with E-state index >= 15 is 0 Å². The van der Waals surface area contributed by atoms with Gasteiger partial charge in [0.1, 0.15) is 0 Å². The second-order valence-corrected chi connectivity index (χ2v) is 16.7. The molecule has 0 aliphatic heterocycles. The summed E-state index contributed by atoms with van der Waals surface area (Å²) in [4.78, 5) is 0. The molecule has 1 rings (SSSR count). The van der Waals surface area contributed by atoms with Crippen molar-refractivity contribution in [3.63, 3.8) is 0 Å². The van der Waals surface area contributed by atoms with Crippen molar-refractivity contribution in [3.8, 4) is 0 Å². The molecular weight excluding hydrogens is 212 g/mol. The van der Waals surface area contributed by atoms with Crippen LogP contribution in [-0.2, 0) is 0 Å². The van der Waals surface area contributed by atoms with Crippen LogP contribution >= 0.6 is 0 Å². The molecule has 0 radical (unpaired) electrons. The maximum absolute atomic E-state index is 2.48. The summed E-state index contributed by atoms with van der Waals surface area (Å²) in [6.07, 6.45) is 0. The lowest BCUT2D eigenvalue weighted by molar-refractivity contribution is 1.49. The van der Waals surface area contributed by atoms with Crippen LogP contribution < -0.4 is 10.4 Å². The van der Waals surface area contributed by atoms with Crippen LogP contribution in [0.2, 0.25) is 39.3 Å². The average Bonchev–Trinajstić information content (AvgIpc) is 1.99. The van der Waals surface area contributed by atoms with Gasteiger partial charge in [0.25, 0.3) is 0 Å². The Bertz CT molecular complexity index is 322. The van der Waals surface area contributed by atoms with E-state index in [2.05, 4.69) is 64.4 Å². The Morgan fingerprint density at radius 1 is 0.667 bits per heavy atom. The van der Waals surface area contributed by atoms with Gasteiger partial charge < -0.3 is 0 Å². The average molecular weight is 237 g/mol. The highest BCUT2D eigenvalue weighted by atomic mass is 28.3. The van der Waals surface area contributed by atoms with Crippen LogP contribution in [0.3, 0.4) is 0 Å². The summed E-state index contributed by atoms with van der Waals surface area (Å²) in [7, 11) is -2.31. The Labute approximate surface area is 96.7 Å².